The lowest BCUT2D eigenvalue weighted by molar-refractivity contribution is 0.207. The Morgan fingerprint density at radius 2 is 2.10 bits per heavy atom. The summed E-state index contributed by atoms with van der Waals surface area (Å²) < 4.78 is 0. The van der Waals surface area contributed by atoms with Gasteiger partial charge in [0.05, 0.1) is 0 Å². The summed E-state index contributed by atoms with van der Waals surface area (Å²) in [6, 6.07) is 0. The van der Waals surface area contributed by atoms with Gasteiger partial charge in [-0.3, -0.25) is 0 Å². The minimum atomic E-state index is 0.466. The van der Waals surface area contributed by atoms with Crippen LogP contribution in [0.4, 0.5) is 0 Å². The van der Waals surface area contributed by atoms with Gasteiger partial charge in [-0.05, 0) is 48.9 Å². The highest BCUT2D eigenvalue weighted by Crippen LogP contribution is 2.70. The molecule has 0 aromatic rings. The maximum atomic E-state index is 9.03. The number of hydrogen-bond acceptors (Lipinski definition) is 1. The summed E-state index contributed by atoms with van der Waals surface area (Å²) >= 11 is 0. The Kier molecular flexibility index (Phi) is 0.883. The zero-order chi connectivity index (χ0) is 6.72. The highest BCUT2D eigenvalue weighted by molar-refractivity contribution is 5.13. The molecule has 3 rings (SSSR count). The molecule has 3 aliphatic carbocycles. The third-order valence-electron chi connectivity index (χ3n) is 4.09. The van der Waals surface area contributed by atoms with Gasteiger partial charge >= 0.3 is 0 Å². The van der Waals surface area contributed by atoms with Gasteiger partial charge in [0.1, 0.15) is 0 Å². The van der Waals surface area contributed by atoms with Crippen LogP contribution in [0.15, 0.2) is 0 Å². The Labute approximate surface area is 61.4 Å². The fourth-order valence-electron chi connectivity index (χ4n) is 3.76. The molecule has 0 heterocycles. The lowest BCUT2D eigenvalue weighted by Gasteiger charge is -2.08. The molecule has 3 saturated carbocycles. The van der Waals surface area contributed by atoms with E-state index in [1.54, 1.807) is 0 Å². The molecule has 1 heteroatoms. The number of aliphatic hydroxyl groups excluding tert-OH is 1. The van der Waals surface area contributed by atoms with Crippen LogP contribution in [0.1, 0.15) is 19.3 Å². The molecule has 0 spiro atoms. The normalized spacial score (nSPS) is 62.7. The van der Waals surface area contributed by atoms with Crippen LogP contribution in [0.2, 0.25) is 0 Å². The Morgan fingerprint density at radius 1 is 1.20 bits per heavy atom. The van der Waals surface area contributed by atoms with Crippen LogP contribution in [-0.2, 0) is 0 Å². The van der Waals surface area contributed by atoms with Crippen molar-refractivity contribution in [3.8, 4) is 0 Å². The third-order valence-corrected chi connectivity index (χ3v) is 4.09. The quantitative estimate of drug-likeness (QED) is 0.578. The Balaban J connectivity index is 1.86. The Hall–Kier alpha value is -0.0400. The van der Waals surface area contributed by atoms with Crippen LogP contribution in [0.3, 0.4) is 0 Å². The van der Waals surface area contributed by atoms with E-state index >= 15 is 0 Å². The second-order valence-electron chi connectivity index (χ2n) is 4.33. The first kappa shape index (κ1) is 5.59. The summed E-state index contributed by atoms with van der Waals surface area (Å²) in [5.41, 5.74) is 0. The molecule has 56 valence electrons. The maximum absolute atomic E-state index is 9.03. The number of hydrogen-bond donors (Lipinski definition) is 1. The van der Waals surface area contributed by atoms with E-state index in [9.17, 15) is 0 Å². The van der Waals surface area contributed by atoms with Crippen molar-refractivity contribution >= 4 is 0 Å². The lowest BCUT2D eigenvalue weighted by atomic mass is 10.0. The molecule has 10 heavy (non-hydrogen) atoms. The standard InChI is InChI=1S/C9H14O/c10-4-6-3-5-1-2-7-8(5)9(6)7/h5-10H,1-4H2/t5-,6-,7-,8?,9-/m0/s1. The smallest absolute Gasteiger partial charge is 0.0462 e. The van der Waals surface area contributed by atoms with Crippen molar-refractivity contribution in [2.45, 2.75) is 19.3 Å². The first-order valence-electron chi connectivity index (χ1n) is 4.52. The van der Waals surface area contributed by atoms with E-state index < -0.39 is 0 Å². The van der Waals surface area contributed by atoms with Crippen LogP contribution >= 0.6 is 0 Å². The van der Waals surface area contributed by atoms with Gasteiger partial charge in [-0.2, -0.15) is 0 Å². The first-order valence-corrected chi connectivity index (χ1v) is 4.52. The van der Waals surface area contributed by atoms with Crippen molar-refractivity contribution in [3.63, 3.8) is 0 Å². The van der Waals surface area contributed by atoms with E-state index in [-0.39, 0.29) is 0 Å². The van der Waals surface area contributed by atoms with Gasteiger partial charge in [0.25, 0.3) is 0 Å². The molecule has 1 unspecified atom stereocenters. The molecule has 0 radical (unpaired) electrons. The summed E-state index contributed by atoms with van der Waals surface area (Å²) in [5, 5.41) is 9.03. The Morgan fingerprint density at radius 3 is 2.70 bits per heavy atom. The molecule has 0 bridgehead atoms. The van der Waals surface area contributed by atoms with Crippen molar-refractivity contribution < 1.29 is 5.11 Å². The van der Waals surface area contributed by atoms with E-state index in [0.717, 1.165) is 23.7 Å². The molecule has 0 aromatic carbocycles. The molecule has 0 aliphatic heterocycles. The number of rotatable bonds is 1. The van der Waals surface area contributed by atoms with Crippen molar-refractivity contribution in [2.75, 3.05) is 6.61 Å². The molecule has 0 amide bonds. The van der Waals surface area contributed by atoms with E-state index in [0.29, 0.717) is 12.5 Å². The van der Waals surface area contributed by atoms with Crippen LogP contribution in [-0.4, -0.2) is 11.7 Å². The van der Waals surface area contributed by atoms with Crippen molar-refractivity contribution in [2.24, 2.45) is 29.6 Å². The SMILES string of the molecule is OC[C@@H]1C[C@@H]2CC[C@H]3C2[C@@H]13. The predicted molar refractivity (Wildman–Crippen MR) is 38.4 cm³/mol. The van der Waals surface area contributed by atoms with E-state index in [4.69, 9.17) is 5.11 Å². The minimum Gasteiger partial charge on any atom is -0.396 e. The summed E-state index contributed by atoms with van der Waals surface area (Å²) in [5.74, 6) is 4.87. The minimum absolute atomic E-state index is 0.466. The first-order chi connectivity index (χ1) is 4.92. The summed E-state index contributed by atoms with van der Waals surface area (Å²) in [4.78, 5) is 0. The molecule has 5 atom stereocenters. The number of aliphatic hydroxyl groups is 1. The van der Waals surface area contributed by atoms with Crippen LogP contribution in [0.5, 0.6) is 0 Å². The Bertz CT molecular complexity index is 166. The van der Waals surface area contributed by atoms with Crippen molar-refractivity contribution in [3.05, 3.63) is 0 Å². The summed E-state index contributed by atoms with van der Waals surface area (Å²) in [6.07, 6.45) is 4.31. The van der Waals surface area contributed by atoms with Gasteiger partial charge in [-0.25, -0.2) is 0 Å². The average molecular weight is 138 g/mol. The second kappa shape index (κ2) is 1.58. The highest BCUT2D eigenvalue weighted by Gasteiger charge is 2.64. The molecule has 0 saturated heterocycles. The second-order valence-corrected chi connectivity index (χ2v) is 4.33. The van der Waals surface area contributed by atoms with Crippen molar-refractivity contribution in [1.29, 1.82) is 0 Å². The molecular formula is C9H14O. The largest absolute Gasteiger partial charge is 0.396 e. The molecule has 1 N–H and O–H groups in total. The summed E-state index contributed by atoms with van der Waals surface area (Å²) in [7, 11) is 0. The fourth-order valence-corrected chi connectivity index (χ4v) is 3.76. The highest BCUT2D eigenvalue weighted by atomic mass is 16.3. The van der Waals surface area contributed by atoms with Gasteiger partial charge in [0.15, 0.2) is 0 Å². The van der Waals surface area contributed by atoms with E-state index in [1.165, 1.54) is 19.3 Å². The zero-order valence-electron chi connectivity index (χ0n) is 6.16. The fraction of sp³-hybridized carbons (Fsp3) is 1.00. The van der Waals surface area contributed by atoms with Crippen LogP contribution in [0.25, 0.3) is 0 Å². The third kappa shape index (κ3) is 0.460. The molecule has 1 nitrogen and oxygen atoms in total. The zero-order valence-corrected chi connectivity index (χ0v) is 6.16. The monoisotopic (exact) mass is 138 g/mol. The van der Waals surface area contributed by atoms with Gasteiger partial charge < -0.3 is 5.11 Å². The van der Waals surface area contributed by atoms with Gasteiger partial charge in [-0.1, -0.05) is 0 Å². The molecular weight excluding hydrogens is 124 g/mol. The number of fused-ring (bicyclic) bond motifs is 1. The van der Waals surface area contributed by atoms with Crippen LogP contribution in [0, 0.1) is 29.6 Å². The summed E-state index contributed by atoms with van der Waals surface area (Å²) in [6.45, 7) is 0.466. The van der Waals surface area contributed by atoms with Gasteiger partial charge in [0.2, 0.25) is 0 Å². The van der Waals surface area contributed by atoms with Crippen molar-refractivity contribution in [1.82, 2.24) is 0 Å². The average Bonchev–Trinajstić information content (AvgIpc) is 2.41. The van der Waals surface area contributed by atoms with Gasteiger partial charge in [0, 0.05) is 6.61 Å². The topological polar surface area (TPSA) is 20.2 Å². The van der Waals surface area contributed by atoms with E-state index in [2.05, 4.69) is 0 Å². The van der Waals surface area contributed by atoms with Crippen LogP contribution < -0.4 is 0 Å². The van der Waals surface area contributed by atoms with E-state index in [1.807, 2.05) is 0 Å². The molecule has 0 aromatic heterocycles. The van der Waals surface area contributed by atoms with Gasteiger partial charge in [-0.15, -0.1) is 0 Å². The lowest BCUT2D eigenvalue weighted by Crippen LogP contribution is -2.06. The molecule has 3 fully saturated rings. The predicted octanol–water partition coefficient (Wildman–Crippen LogP) is 1.27. The maximum Gasteiger partial charge on any atom is 0.0462 e. The molecule has 3 aliphatic rings.